The summed E-state index contributed by atoms with van der Waals surface area (Å²) in [5.41, 5.74) is 0.835. The molecule has 2 amide bonds. The SMILES string of the molecule is O=C(NC(=NCCCSc1ncn2ccsc12)NC(=O)OCc1ccc([N+](=O)[O-])cc1)OCc1ccc([N+](=O)[O-])cc1. The Morgan fingerprint density at radius 1 is 0.929 bits per heavy atom. The Kier molecular flexibility index (Phi) is 10.4. The fourth-order valence-electron chi connectivity index (χ4n) is 3.34. The van der Waals surface area contributed by atoms with E-state index in [0.29, 0.717) is 23.3 Å². The second kappa shape index (κ2) is 14.6. The molecule has 0 bridgehead atoms. The molecule has 0 spiro atoms. The summed E-state index contributed by atoms with van der Waals surface area (Å²) in [4.78, 5) is 55.0. The molecule has 2 aromatic heterocycles. The maximum Gasteiger partial charge on any atom is 0.414 e. The van der Waals surface area contributed by atoms with Gasteiger partial charge in [0.2, 0.25) is 5.96 Å². The molecule has 2 aromatic carbocycles. The zero-order chi connectivity index (χ0) is 29.9. The first-order chi connectivity index (χ1) is 20.3. The van der Waals surface area contributed by atoms with Gasteiger partial charge in [-0.2, -0.15) is 0 Å². The summed E-state index contributed by atoms with van der Waals surface area (Å²) in [7, 11) is 0. The zero-order valence-corrected chi connectivity index (χ0v) is 23.3. The average Bonchev–Trinajstić information content (AvgIpc) is 3.60. The molecule has 2 heterocycles. The van der Waals surface area contributed by atoms with Gasteiger partial charge < -0.3 is 9.47 Å². The first-order valence-electron chi connectivity index (χ1n) is 12.2. The maximum absolute atomic E-state index is 12.4. The van der Waals surface area contributed by atoms with Crippen molar-refractivity contribution in [1.82, 2.24) is 20.0 Å². The minimum Gasteiger partial charge on any atom is -0.444 e. The van der Waals surface area contributed by atoms with Crippen LogP contribution >= 0.6 is 23.1 Å². The molecule has 42 heavy (non-hydrogen) atoms. The molecular formula is C25H23N7O8S2. The monoisotopic (exact) mass is 613 g/mol. The standard InChI is InChI=1S/C25H23N7O8S2/c33-24(39-14-17-2-6-19(7-3-17)31(35)36)28-23(26-10-1-12-41-21-22-30(16-27-21)11-13-42-22)29-25(34)40-15-18-4-8-20(9-5-18)32(37)38/h2-9,11,13,16H,1,10,12,14-15H2,(H2,26,28,29,33,34). The molecular weight excluding hydrogens is 590 g/mol. The number of imidazole rings is 1. The number of ether oxygens (including phenoxy) is 2. The van der Waals surface area contributed by atoms with E-state index in [1.807, 2.05) is 16.0 Å². The number of hydrogen-bond acceptors (Lipinski definition) is 12. The lowest BCUT2D eigenvalue weighted by atomic mass is 10.2. The van der Waals surface area contributed by atoms with Gasteiger partial charge in [-0.25, -0.2) is 14.6 Å². The molecule has 218 valence electrons. The Bertz CT molecular complexity index is 1510. The van der Waals surface area contributed by atoms with E-state index in [1.165, 1.54) is 48.5 Å². The number of guanidine groups is 1. The van der Waals surface area contributed by atoms with E-state index in [-0.39, 0.29) is 37.1 Å². The van der Waals surface area contributed by atoms with Crippen molar-refractivity contribution in [2.75, 3.05) is 12.3 Å². The number of nitrogens with zero attached hydrogens (tertiary/aromatic N) is 5. The van der Waals surface area contributed by atoms with Gasteiger partial charge in [-0.3, -0.25) is 40.3 Å². The van der Waals surface area contributed by atoms with Crippen LogP contribution in [-0.2, 0) is 22.7 Å². The lowest BCUT2D eigenvalue weighted by molar-refractivity contribution is -0.385. The highest BCUT2D eigenvalue weighted by atomic mass is 32.2. The lowest BCUT2D eigenvalue weighted by Gasteiger charge is -2.12. The number of hydrogen-bond donors (Lipinski definition) is 2. The van der Waals surface area contributed by atoms with Crippen molar-refractivity contribution < 1.29 is 28.9 Å². The van der Waals surface area contributed by atoms with Gasteiger partial charge in [0.1, 0.15) is 29.4 Å². The number of nitro groups is 2. The number of thiazole rings is 1. The molecule has 0 radical (unpaired) electrons. The highest BCUT2D eigenvalue weighted by Crippen LogP contribution is 2.26. The van der Waals surface area contributed by atoms with E-state index in [9.17, 15) is 29.8 Å². The van der Waals surface area contributed by atoms with Crippen molar-refractivity contribution in [3.05, 3.63) is 97.8 Å². The van der Waals surface area contributed by atoms with Gasteiger partial charge in [0.15, 0.2) is 0 Å². The van der Waals surface area contributed by atoms with Crippen LogP contribution in [0.4, 0.5) is 21.0 Å². The van der Waals surface area contributed by atoms with Crippen molar-refractivity contribution in [3.63, 3.8) is 0 Å². The van der Waals surface area contributed by atoms with Crippen LogP contribution in [0, 0.1) is 20.2 Å². The number of aromatic nitrogens is 2. The molecule has 2 N–H and O–H groups in total. The average molecular weight is 614 g/mol. The summed E-state index contributed by atoms with van der Waals surface area (Å²) in [6, 6.07) is 11.0. The maximum atomic E-state index is 12.4. The third-order valence-corrected chi connectivity index (χ3v) is 7.48. The number of carbonyl (C=O) groups excluding carboxylic acids is 2. The quantitative estimate of drug-likeness (QED) is 0.0587. The lowest BCUT2D eigenvalue weighted by Crippen LogP contribution is -2.44. The van der Waals surface area contributed by atoms with Crippen LogP contribution in [0.3, 0.4) is 0 Å². The Hall–Kier alpha value is -5.03. The second-order valence-electron chi connectivity index (χ2n) is 8.35. The minimum absolute atomic E-state index is 0.0973. The number of alkyl carbamates (subject to hydrolysis) is 2. The van der Waals surface area contributed by atoms with Crippen molar-refractivity contribution in [2.45, 2.75) is 24.7 Å². The van der Waals surface area contributed by atoms with Crippen molar-refractivity contribution >= 4 is 57.4 Å². The number of aliphatic imine (C=N–C) groups is 1. The zero-order valence-electron chi connectivity index (χ0n) is 21.7. The second-order valence-corrected chi connectivity index (χ2v) is 10.3. The number of non-ortho nitro benzene ring substituents is 2. The number of nitrogens with one attached hydrogen (secondary N) is 2. The molecule has 17 heteroatoms. The Morgan fingerprint density at radius 2 is 1.48 bits per heavy atom. The number of rotatable bonds is 11. The molecule has 0 fully saturated rings. The Morgan fingerprint density at radius 3 is 2.00 bits per heavy atom. The summed E-state index contributed by atoms with van der Waals surface area (Å²) in [6.07, 6.45) is 2.41. The fraction of sp³-hybridized carbons (Fsp3) is 0.200. The third-order valence-electron chi connectivity index (χ3n) is 5.40. The summed E-state index contributed by atoms with van der Waals surface area (Å²) >= 11 is 3.14. The first kappa shape index (κ1) is 29.9. The molecule has 0 saturated heterocycles. The van der Waals surface area contributed by atoms with Crippen molar-refractivity contribution in [3.8, 4) is 0 Å². The summed E-state index contributed by atoms with van der Waals surface area (Å²) in [5.74, 6) is 0.473. The number of benzene rings is 2. The number of thioether (sulfide) groups is 1. The molecule has 4 aromatic rings. The number of amides is 2. The van der Waals surface area contributed by atoms with Crippen LogP contribution in [0.5, 0.6) is 0 Å². The van der Waals surface area contributed by atoms with Crippen LogP contribution in [0.25, 0.3) is 4.83 Å². The predicted molar refractivity (Wildman–Crippen MR) is 154 cm³/mol. The van der Waals surface area contributed by atoms with E-state index in [0.717, 1.165) is 9.86 Å². The van der Waals surface area contributed by atoms with Crippen molar-refractivity contribution in [1.29, 1.82) is 0 Å². The van der Waals surface area contributed by atoms with Crippen LogP contribution in [0.2, 0.25) is 0 Å². The fourth-order valence-corrected chi connectivity index (χ4v) is 5.18. The largest absolute Gasteiger partial charge is 0.444 e. The van der Waals surface area contributed by atoms with E-state index in [2.05, 4.69) is 20.6 Å². The molecule has 0 saturated carbocycles. The molecule has 0 aliphatic rings. The molecule has 0 unspecified atom stereocenters. The Balaban J connectivity index is 1.30. The number of fused-ring (bicyclic) bond motifs is 1. The molecule has 0 aliphatic heterocycles. The Labute approximate surface area is 245 Å². The van der Waals surface area contributed by atoms with Crippen LogP contribution in [0.15, 0.2) is 76.5 Å². The van der Waals surface area contributed by atoms with E-state index in [1.54, 1.807) is 29.4 Å². The van der Waals surface area contributed by atoms with Crippen LogP contribution < -0.4 is 10.6 Å². The highest BCUT2D eigenvalue weighted by Gasteiger charge is 2.14. The van der Waals surface area contributed by atoms with Crippen molar-refractivity contribution in [2.24, 2.45) is 4.99 Å². The molecule has 15 nitrogen and oxygen atoms in total. The van der Waals surface area contributed by atoms with Gasteiger partial charge in [-0.05, 0) is 41.8 Å². The van der Waals surface area contributed by atoms with Gasteiger partial charge in [-0.1, -0.05) is 0 Å². The van der Waals surface area contributed by atoms with Gasteiger partial charge in [-0.15, -0.1) is 23.1 Å². The normalized spacial score (nSPS) is 10.6. The predicted octanol–water partition coefficient (Wildman–Crippen LogP) is 4.90. The van der Waals surface area contributed by atoms with E-state index >= 15 is 0 Å². The van der Waals surface area contributed by atoms with E-state index in [4.69, 9.17) is 9.47 Å². The van der Waals surface area contributed by atoms with Gasteiger partial charge in [0.25, 0.3) is 11.4 Å². The number of nitro benzene ring substituents is 2. The third kappa shape index (κ3) is 8.73. The molecule has 0 atom stereocenters. The van der Waals surface area contributed by atoms with Gasteiger partial charge in [0.05, 0.1) is 9.85 Å². The number of carbonyl (C=O) groups is 2. The van der Waals surface area contributed by atoms with Crippen LogP contribution in [-0.4, -0.2) is 49.7 Å². The highest BCUT2D eigenvalue weighted by molar-refractivity contribution is 7.99. The minimum atomic E-state index is -0.921. The molecule has 0 aliphatic carbocycles. The first-order valence-corrected chi connectivity index (χ1v) is 14.1. The topological polar surface area (TPSA) is 193 Å². The summed E-state index contributed by atoms with van der Waals surface area (Å²) in [6.45, 7) is -0.116. The summed E-state index contributed by atoms with van der Waals surface area (Å²) < 4.78 is 12.2. The smallest absolute Gasteiger partial charge is 0.414 e. The van der Waals surface area contributed by atoms with Gasteiger partial charge >= 0.3 is 12.2 Å². The molecule has 4 rings (SSSR count). The van der Waals surface area contributed by atoms with Crippen LogP contribution in [0.1, 0.15) is 17.5 Å². The van der Waals surface area contributed by atoms with Gasteiger partial charge in [0, 0.05) is 48.1 Å². The van der Waals surface area contributed by atoms with E-state index < -0.39 is 22.0 Å². The summed E-state index contributed by atoms with van der Waals surface area (Å²) in [5, 5.41) is 29.2.